The molecule has 0 atom stereocenters. The minimum Gasteiger partial charge on any atom is -0.456 e. The van der Waals surface area contributed by atoms with Crippen molar-refractivity contribution < 1.29 is 14.3 Å². The second-order valence-corrected chi connectivity index (χ2v) is 6.49. The third-order valence-corrected chi connectivity index (χ3v) is 4.64. The van der Waals surface area contributed by atoms with Gasteiger partial charge in [-0.15, -0.1) is 11.3 Å². The normalized spacial score (nSPS) is 10.3. The molecule has 1 amide bonds. The summed E-state index contributed by atoms with van der Waals surface area (Å²) in [6.07, 6.45) is 1.87. The second kappa shape index (κ2) is 8.70. The summed E-state index contributed by atoms with van der Waals surface area (Å²) >= 11 is 7.66. The van der Waals surface area contributed by atoms with Crippen molar-refractivity contribution in [2.75, 3.05) is 11.9 Å². The number of amides is 1. The van der Waals surface area contributed by atoms with Crippen LogP contribution in [0.25, 0.3) is 0 Å². The first kappa shape index (κ1) is 17.5. The van der Waals surface area contributed by atoms with E-state index in [1.165, 1.54) is 4.88 Å². The lowest BCUT2D eigenvalue weighted by Gasteiger charge is -2.09. The first-order valence-electron chi connectivity index (χ1n) is 7.29. The Balaban J connectivity index is 1.69. The van der Waals surface area contributed by atoms with Gasteiger partial charge in [0, 0.05) is 22.0 Å². The lowest BCUT2D eigenvalue weighted by Crippen LogP contribution is -2.21. The molecule has 1 heterocycles. The number of benzene rings is 1. The van der Waals surface area contributed by atoms with Gasteiger partial charge >= 0.3 is 5.97 Å². The van der Waals surface area contributed by atoms with E-state index in [4.69, 9.17) is 16.3 Å². The van der Waals surface area contributed by atoms with Crippen molar-refractivity contribution in [2.45, 2.75) is 26.2 Å². The van der Waals surface area contributed by atoms with Crippen LogP contribution < -0.4 is 5.32 Å². The van der Waals surface area contributed by atoms with Crippen LogP contribution in [0.3, 0.4) is 0 Å². The van der Waals surface area contributed by atoms with E-state index in [-0.39, 0.29) is 18.5 Å². The van der Waals surface area contributed by atoms with E-state index in [1.54, 1.807) is 29.5 Å². The van der Waals surface area contributed by atoms with Gasteiger partial charge in [0.2, 0.25) is 0 Å². The average molecular weight is 352 g/mol. The van der Waals surface area contributed by atoms with Gasteiger partial charge in [0.1, 0.15) is 0 Å². The minimum absolute atomic E-state index is 0.288. The Kier molecular flexibility index (Phi) is 6.62. The van der Waals surface area contributed by atoms with Crippen molar-refractivity contribution in [3.63, 3.8) is 0 Å². The topological polar surface area (TPSA) is 55.4 Å². The van der Waals surface area contributed by atoms with E-state index < -0.39 is 0 Å². The minimum atomic E-state index is -0.373. The quantitative estimate of drug-likeness (QED) is 0.760. The van der Waals surface area contributed by atoms with Gasteiger partial charge < -0.3 is 10.1 Å². The number of hydrogen-bond donors (Lipinski definition) is 1. The average Bonchev–Trinajstić information content (AvgIpc) is 3.03. The van der Waals surface area contributed by atoms with Crippen molar-refractivity contribution in [2.24, 2.45) is 0 Å². The number of nitrogens with one attached hydrogen (secondary N) is 1. The largest absolute Gasteiger partial charge is 0.456 e. The molecule has 2 aromatic rings. The lowest BCUT2D eigenvalue weighted by molar-refractivity contribution is -0.147. The van der Waals surface area contributed by atoms with Gasteiger partial charge in [0.25, 0.3) is 5.91 Å². The molecule has 0 aliphatic heterocycles. The van der Waals surface area contributed by atoms with Crippen LogP contribution in [0.1, 0.15) is 23.3 Å². The molecule has 2 rings (SSSR count). The Hall–Kier alpha value is -1.85. The molecule has 122 valence electrons. The number of thiophene rings is 1. The summed E-state index contributed by atoms with van der Waals surface area (Å²) in [7, 11) is 0. The summed E-state index contributed by atoms with van der Waals surface area (Å²) in [6, 6.07) is 9.28. The Morgan fingerprint density at radius 1 is 1.26 bits per heavy atom. The first-order valence-corrected chi connectivity index (χ1v) is 8.55. The zero-order valence-electron chi connectivity index (χ0n) is 12.8. The van der Waals surface area contributed by atoms with Gasteiger partial charge in [-0.1, -0.05) is 23.7 Å². The number of carbonyl (C=O) groups excluding carboxylic acids is 2. The second-order valence-electron chi connectivity index (χ2n) is 5.05. The maximum absolute atomic E-state index is 11.8. The van der Waals surface area contributed by atoms with Crippen LogP contribution in [-0.4, -0.2) is 18.5 Å². The molecule has 0 aliphatic carbocycles. The highest BCUT2D eigenvalue weighted by molar-refractivity contribution is 7.09. The maximum atomic E-state index is 11.8. The van der Waals surface area contributed by atoms with Crippen LogP contribution in [0.15, 0.2) is 35.7 Å². The fraction of sp³-hybridized carbons (Fsp3) is 0.294. The van der Waals surface area contributed by atoms with E-state index in [1.807, 2.05) is 24.4 Å². The van der Waals surface area contributed by atoms with Crippen LogP contribution in [0.5, 0.6) is 0 Å². The molecule has 23 heavy (non-hydrogen) atoms. The van der Waals surface area contributed by atoms with Gasteiger partial charge in [0.15, 0.2) is 6.61 Å². The molecule has 0 aliphatic rings. The molecule has 1 N–H and O–H groups in total. The standard InChI is InChI=1S/C17H18ClNO3S/c1-12-14(18)7-3-8-15(12)19-16(20)11-22-17(21)9-2-5-13-6-4-10-23-13/h3-4,6-8,10H,2,5,9,11H2,1H3,(H,19,20). The van der Waals surface area contributed by atoms with Gasteiger partial charge in [-0.2, -0.15) is 0 Å². The highest BCUT2D eigenvalue weighted by Crippen LogP contribution is 2.22. The number of esters is 1. The number of carbonyl (C=O) groups is 2. The van der Waals surface area contributed by atoms with E-state index >= 15 is 0 Å². The predicted molar refractivity (Wildman–Crippen MR) is 93.0 cm³/mol. The Bertz CT molecular complexity index is 670. The summed E-state index contributed by atoms with van der Waals surface area (Å²) in [5.74, 6) is -0.735. The molecule has 0 radical (unpaired) electrons. The predicted octanol–water partition coefficient (Wildman–Crippen LogP) is 4.21. The summed E-state index contributed by atoms with van der Waals surface area (Å²) < 4.78 is 4.99. The first-order chi connectivity index (χ1) is 11.1. The van der Waals surface area contributed by atoms with Gasteiger partial charge in [0.05, 0.1) is 0 Å². The summed E-state index contributed by atoms with van der Waals surface area (Å²) in [4.78, 5) is 24.7. The molecule has 1 aromatic carbocycles. The number of rotatable bonds is 7. The molecule has 0 saturated carbocycles. The molecule has 6 heteroatoms. The molecular weight excluding hydrogens is 334 g/mol. The van der Waals surface area contributed by atoms with Gasteiger partial charge in [-0.25, -0.2) is 0 Å². The van der Waals surface area contributed by atoms with E-state index in [2.05, 4.69) is 5.32 Å². The van der Waals surface area contributed by atoms with E-state index in [0.717, 1.165) is 12.0 Å². The zero-order valence-corrected chi connectivity index (χ0v) is 14.4. The van der Waals surface area contributed by atoms with Crippen molar-refractivity contribution in [3.8, 4) is 0 Å². The smallest absolute Gasteiger partial charge is 0.306 e. The molecular formula is C17H18ClNO3S. The Morgan fingerprint density at radius 2 is 2.09 bits per heavy atom. The van der Waals surface area contributed by atoms with Gasteiger partial charge in [-0.3, -0.25) is 9.59 Å². The van der Waals surface area contributed by atoms with Crippen LogP contribution in [0.4, 0.5) is 5.69 Å². The van der Waals surface area contributed by atoms with Crippen LogP contribution in [0.2, 0.25) is 5.02 Å². The lowest BCUT2D eigenvalue weighted by atomic mass is 10.2. The zero-order chi connectivity index (χ0) is 16.7. The maximum Gasteiger partial charge on any atom is 0.306 e. The SMILES string of the molecule is Cc1c(Cl)cccc1NC(=O)COC(=O)CCCc1cccs1. The van der Waals surface area contributed by atoms with Gasteiger partial charge in [-0.05, 0) is 48.9 Å². The van der Waals surface area contributed by atoms with Crippen molar-refractivity contribution >= 4 is 40.5 Å². The monoisotopic (exact) mass is 351 g/mol. The Labute approximate surface area is 144 Å². The number of hydrogen-bond acceptors (Lipinski definition) is 4. The van der Waals surface area contributed by atoms with E-state index in [0.29, 0.717) is 23.6 Å². The number of ether oxygens (including phenoxy) is 1. The molecule has 0 bridgehead atoms. The summed E-state index contributed by atoms with van der Waals surface area (Å²) in [5, 5.41) is 5.27. The summed E-state index contributed by atoms with van der Waals surface area (Å²) in [5.41, 5.74) is 1.40. The fourth-order valence-electron chi connectivity index (χ4n) is 2.01. The highest BCUT2D eigenvalue weighted by Gasteiger charge is 2.10. The van der Waals surface area contributed by atoms with Crippen LogP contribution >= 0.6 is 22.9 Å². The summed E-state index contributed by atoms with van der Waals surface area (Å²) in [6.45, 7) is 1.53. The van der Waals surface area contributed by atoms with Crippen molar-refractivity contribution in [1.82, 2.24) is 0 Å². The van der Waals surface area contributed by atoms with Crippen LogP contribution in [0, 0.1) is 6.92 Å². The van der Waals surface area contributed by atoms with Crippen molar-refractivity contribution in [1.29, 1.82) is 0 Å². The molecule has 0 fully saturated rings. The Morgan fingerprint density at radius 3 is 2.83 bits per heavy atom. The van der Waals surface area contributed by atoms with Crippen LogP contribution in [-0.2, 0) is 20.7 Å². The van der Waals surface area contributed by atoms with E-state index in [9.17, 15) is 9.59 Å². The fourth-order valence-corrected chi connectivity index (χ4v) is 2.93. The highest BCUT2D eigenvalue weighted by atomic mass is 35.5. The number of aryl methyl sites for hydroxylation is 1. The molecule has 1 aromatic heterocycles. The number of halogens is 1. The number of anilines is 1. The molecule has 0 spiro atoms. The van der Waals surface area contributed by atoms with Crippen molar-refractivity contribution in [3.05, 3.63) is 51.2 Å². The third-order valence-electron chi connectivity index (χ3n) is 3.29. The molecule has 0 saturated heterocycles. The molecule has 4 nitrogen and oxygen atoms in total. The third kappa shape index (κ3) is 5.69. The molecule has 0 unspecified atom stereocenters.